The molecule has 10 heteroatoms. The van der Waals surface area contributed by atoms with E-state index >= 15 is 0 Å². The lowest BCUT2D eigenvalue weighted by atomic mass is 9.98. The highest BCUT2D eigenvalue weighted by atomic mass is 16.3. The van der Waals surface area contributed by atoms with Crippen LogP contribution in [0.15, 0.2) is 84.9 Å². The smallest absolute Gasteiger partial charge is 0.259 e. The third kappa shape index (κ3) is 11.3. The van der Waals surface area contributed by atoms with Gasteiger partial charge in [-0.25, -0.2) is 5.43 Å². The summed E-state index contributed by atoms with van der Waals surface area (Å²) in [6.07, 6.45) is -0.826. The van der Waals surface area contributed by atoms with Crippen molar-refractivity contribution in [3.63, 3.8) is 0 Å². The zero-order valence-electron chi connectivity index (χ0n) is 28.2. The summed E-state index contributed by atoms with van der Waals surface area (Å²) in [7, 11) is 0. The number of hydrazine groups is 1. The minimum Gasteiger partial charge on any atom is -0.390 e. The summed E-state index contributed by atoms with van der Waals surface area (Å²) in [5.41, 5.74) is 6.83. The topological polar surface area (TPSA) is 140 Å². The number of aliphatic hydroxyl groups excluding tert-OH is 1. The lowest BCUT2D eigenvalue weighted by molar-refractivity contribution is -0.141. The molecule has 0 aliphatic rings. The summed E-state index contributed by atoms with van der Waals surface area (Å²) in [6.45, 7) is 10.2. The van der Waals surface area contributed by atoms with Crippen molar-refractivity contribution < 1.29 is 24.3 Å². The number of hydrogen-bond acceptors (Lipinski definition) is 6. The zero-order valence-corrected chi connectivity index (χ0v) is 28.2. The minimum atomic E-state index is -1.14. The molecule has 0 aromatic heterocycles. The highest BCUT2D eigenvalue weighted by Gasteiger charge is 2.32. The van der Waals surface area contributed by atoms with Gasteiger partial charge in [-0.2, -0.15) is 0 Å². The zero-order chi connectivity index (χ0) is 34.5. The molecule has 0 aliphatic heterocycles. The van der Waals surface area contributed by atoms with Crippen LogP contribution in [-0.4, -0.2) is 64.5 Å². The Bertz CT molecular complexity index is 1460. The standard InChI is InChI=1S/C37H49N5O5/c1-24(2)34(39-26(5)43)36(46)41-32(21-28-15-9-7-10-16-28)33(45)22-38-42(37(47)35(25(3)4)40-27(6)44)23-30-19-13-14-20-31(30)29-17-11-8-12-18-29/h7-20,24-25,32-35,38,45H,21-23H2,1-6H3,(H,39,43)(H,40,44)(H,41,46)/t32-,33?,34-,35-/m0/s1. The number of aliphatic hydroxyl groups is 1. The molecule has 0 aliphatic carbocycles. The van der Waals surface area contributed by atoms with E-state index in [9.17, 15) is 24.3 Å². The van der Waals surface area contributed by atoms with Crippen LogP contribution in [0.3, 0.4) is 0 Å². The van der Waals surface area contributed by atoms with Crippen molar-refractivity contribution in [1.29, 1.82) is 0 Å². The first-order valence-corrected chi connectivity index (χ1v) is 16.1. The van der Waals surface area contributed by atoms with E-state index in [1.807, 2.05) is 113 Å². The van der Waals surface area contributed by atoms with Gasteiger partial charge in [0.15, 0.2) is 0 Å². The van der Waals surface area contributed by atoms with Crippen LogP contribution >= 0.6 is 0 Å². The SMILES string of the molecule is CC(=O)N[C@H](C(=O)N[C@@H](Cc1ccccc1)C(O)CNN(Cc1ccccc1-c1ccccc1)C(=O)[C@@H](NC(C)=O)C(C)C)C(C)C. The molecule has 0 saturated heterocycles. The Morgan fingerprint density at radius 1 is 0.702 bits per heavy atom. The lowest BCUT2D eigenvalue weighted by Gasteiger charge is -2.33. The van der Waals surface area contributed by atoms with Crippen LogP contribution in [0.25, 0.3) is 11.1 Å². The number of benzene rings is 3. The van der Waals surface area contributed by atoms with E-state index in [2.05, 4.69) is 21.4 Å². The number of hydrogen-bond donors (Lipinski definition) is 5. The maximum atomic E-state index is 14.0. The van der Waals surface area contributed by atoms with Crippen molar-refractivity contribution in [2.45, 2.75) is 78.7 Å². The first kappa shape index (κ1) is 36.9. The molecule has 0 radical (unpaired) electrons. The molecule has 3 rings (SSSR count). The van der Waals surface area contributed by atoms with Crippen molar-refractivity contribution in [1.82, 2.24) is 26.4 Å². The van der Waals surface area contributed by atoms with Gasteiger partial charge in [0.1, 0.15) is 12.1 Å². The molecule has 10 nitrogen and oxygen atoms in total. The normalized spacial score (nSPS) is 13.7. The van der Waals surface area contributed by atoms with E-state index in [0.29, 0.717) is 6.42 Å². The molecule has 4 amide bonds. The Labute approximate surface area is 278 Å². The monoisotopic (exact) mass is 643 g/mol. The van der Waals surface area contributed by atoms with E-state index < -0.39 is 30.1 Å². The van der Waals surface area contributed by atoms with Gasteiger partial charge >= 0.3 is 0 Å². The molecule has 0 spiro atoms. The summed E-state index contributed by atoms with van der Waals surface area (Å²) in [5, 5.41) is 21.4. The Morgan fingerprint density at radius 2 is 1.23 bits per heavy atom. The van der Waals surface area contributed by atoms with Crippen molar-refractivity contribution in [2.75, 3.05) is 6.54 Å². The Hall–Kier alpha value is -4.54. The summed E-state index contributed by atoms with van der Waals surface area (Å²) >= 11 is 0. The van der Waals surface area contributed by atoms with Gasteiger partial charge in [0.05, 0.1) is 18.7 Å². The van der Waals surface area contributed by atoms with Crippen LogP contribution in [0.5, 0.6) is 0 Å². The summed E-state index contributed by atoms with van der Waals surface area (Å²) in [4.78, 5) is 51.3. The van der Waals surface area contributed by atoms with E-state index in [-0.39, 0.29) is 42.6 Å². The fraction of sp³-hybridized carbons (Fsp3) is 0.405. The predicted octanol–water partition coefficient (Wildman–Crippen LogP) is 3.60. The largest absolute Gasteiger partial charge is 0.390 e. The molecule has 1 unspecified atom stereocenters. The number of rotatable bonds is 16. The average Bonchev–Trinajstić information content (AvgIpc) is 3.04. The van der Waals surface area contributed by atoms with E-state index in [1.54, 1.807) is 0 Å². The molecule has 0 bridgehead atoms. The molecule has 252 valence electrons. The van der Waals surface area contributed by atoms with Gasteiger partial charge < -0.3 is 21.1 Å². The average molecular weight is 644 g/mol. The fourth-order valence-corrected chi connectivity index (χ4v) is 5.36. The van der Waals surface area contributed by atoms with Crippen molar-refractivity contribution in [2.24, 2.45) is 11.8 Å². The summed E-state index contributed by atoms with van der Waals surface area (Å²) < 4.78 is 0. The van der Waals surface area contributed by atoms with Gasteiger partial charge in [-0.3, -0.25) is 24.2 Å². The third-order valence-electron chi connectivity index (χ3n) is 7.88. The molecule has 0 heterocycles. The molecule has 0 saturated carbocycles. The molecule has 3 aromatic carbocycles. The highest BCUT2D eigenvalue weighted by Crippen LogP contribution is 2.25. The Kier molecular flexibility index (Phi) is 14.1. The van der Waals surface area contributed by atoms with Crippen LogP contribution in [0.4, 0.5) is 0 Å². The lowest BCUT2D eigenvalue weighted by Crippen LogP contribution is -2.59. The molecular weight excluding hydrogens is 594 g/mol. The van der Waals surface area contributed by atoms with Gasteiger partial charge in [-0.1, -0.05) is 113 Å². The van der Waals surface area contributed by atoms with Crippen molar-refractivity contribution >= 4 is 23.6 Å². The molecular formula is C37H49N5O5. The number of amides is 4. The number of nitrogens with one attached hydrogen (secondary N) is 4. The van der Waals surface area contributed by atoms with Crippen LogP contribution < -0.4 is 21.4 Å². The van der Waals surface area contributed by atoms with E-state index in [4.69, 9.17) is 0 Å². The molecule has 5 N–H and O–H groups in total. The quantitative estimate of drug-likeness (QED) is 0.151. The van der Waals surface area contributed by atoms with E-state index in [1.165, 1.54) is 18.9 Å². The Balaban J connectivity index is 1.92. The highest BCUT2D eigenvalue weighted by molar-refractivity contribution is 5.88. The second-order valence-corrected chi connectivity index (χ2v) is 12.5. The summed E-state index contributed by atoms with van der Waals surface area (Å²) in [6, 6.07) is 24.7. The maximum Gasteiger partial charge on any atom is 0.259 e. The van der Waals surface area contributed by atoms with Crippen LogP contribution in [-0.2, 0) is 32.1 Å². The number of nitrogens with zero attached hydrogens (tertiary/aromatic N) is 1. The summed E-state index contributed by atoms with van der Waals surface area (Å²) in [5.74, 6) is -1.83. The first-order valence-electron chi connectivity index (χ1n) is 16.1. The van der Waals surface area contributed by atoms with Crippen molar-refractivity contribution in [3.05, 3.63) is 96.1 Å². The van der Waals surface area contributed by atoms with Crippen LogP contribution in [0.2, 0.25) is 0 Å². The third-order valence-corrected chi connectivity index (χ3v) is 7.88. The number of carbonyl (C=O) groups excluding carboxylic acids is 4. The van der Waals surface area contributed by atoms with Gasteiger partial charge in [-0.05, 0) is 40.5 Å². The fourth-order valence-electron chi connectivity index (χ4n) is 5.36. The first-order chi connectivity index (χ1) is 22.4. The van der Waals surface area contributed by atoms with Gasteiger partial charge in [0.2, 0.25) is 17.7 Å². The van der Waals surface area contributed by atoms with Gasteiger partial charge in [0.25, 0.3) is 5.91 Å². The van der Waals surface area contributed by atoms with Gasteiger partial charge in [-0.15, -0.1) is 0 Å². The predicted molar refractivity (Wildman–Crippen MR) is 183 cm³/mol. The second kappa shape index (κ2) is 18.0. The van der Waals surface area contributed by atoms with E-state index in [0.717, 1.165) is 22.3 Å². The molecule has 47 heavy (non-hydrogen) atoms. The van der Waals surface area contributed by atoms with Crippen LogP contribution in [0.1, 0.15) is 52.7 Å². The number of carbonyl (C=O) groups is 4. The second-order valence-electron chi connectivity index (χ2n) is 12.5. The van der Waals surface area contributed by atoms with Crippen LogP contribution in [0, 0.1) is 11.8 Å². The molecule has 4 atom stereocenters. The molecule has 3 aromatic rings. The maximum absolute atomic E-state index is 14.0. The van der Waals surface area contributed by atoms with Crippen molar-refractivity contribution in [3.8, 4) is 11.1 Å². The van der Waals surface area contributed by atoms with Gasteiger partial charge in [0, 0.05) is 20.4 Å². The molecule has 0 fully saturated rings. The Morgan fingerprint density at radius 3 is 1.81 bits per heavy atom. The minimum absolute atomic E-state index is 0.0889.